The molecule has 9 N–H and O–H groups in total. The van der Waals surface area contributed by atoms with E-state index in [1.807, 2.05) is 124 Å². The Morgan fingerprint density at radius 2 is 0.667 bits per heavy atom. The van der Waals surface area contributed by atoms with Crippen LogP contribution in [-0.2, 0) is 36.8 Å². The average Bonchev–Trinajstić information content (AvgIpc) is 1.66. The van der Waals surface area contributed by atoms with Gasteiger partial charge in [-0.1, -0.05) is 158 Å². The second-order valence-corrected chi connectivity index (χ2v) is 36.4. The SMILES string of the molecule is CN(CCN)C(=O)c1c[nH]c2ccc(C(=O)N3CCC(Cc4ccccc4)CC3)cc12.CNCCNC(=O)c1c[nH]c2ccc(C(=O)N3CCC(Cc4ccccc4)CC3)cc12.COCCNC(=O)c1c[nH]c2ccc(C(=O)N3CCC(Cc4ccccc4)CC3)cc12.O=C(c1c[nH]c2cc(C(=O)N3CCC(Cc4ccccc4)CC3)ccc12)C1CCC(Cc2ccccc2)CC1. The minimum atomic E-state index is -0.172. The van der Waals surface area contributed by atoms with Crippen LogP contribution in [0.25, 0.3) is 43.6 Å². The van der Waals surface area contributed by atoms with Crippen molar-refractivity contribution < 1.29 is 43.1 Å². The number of carbonyl (C=O) groups excluding carboxylic acids is 8. The molecular weight excluding hydrogens is 1650 g/mol. The van der Waals surface area contributed by atoms with Crippen molar-refractivity contribution in [1.82, 2.24) is 60.4 Å². The summed E-state index contributed by atoms with van der Waals surface area (Å²) in [6.45, 7) is 9.30. The van der Waals surface area contributed by atoms with Crippen LogP contribution >= 0.6 is 0 Å². The summed E-state index contributed by atoms with van der Waals surface area (Å²) in [5, 5.41) is 12.0. The molecule has 4 saturated heterocycles. The largest absolute Gasteiger partial charge is 0.383 e. The summed E-state index contributed by atoms with van der Waals surface area (Å²) in [4.78, 5) is 126. The van der Waals surface area contributed by atoms with Gasteiger partial charge in [0.1, 0.15) is 0 Å². The maximum absolute atomic E-state index is 13.5. The fraction of sp³-hybridized carbons (Fsp3) is 0.364. The van der Waals surface area contributed by atoms with E-state index in [0.29, 0.717) is 108 Å². The number of amides is 7. The van der Waals surface area contributed by atoms with Gasteiger partial charge in [-0.05, 0) is 240 Å². The van der Waals surface area contributed by atoms with Crippen LogP contribution in [0.3, 0.4) is 0 Å². The normalized spacial score (nSPS) is 16.3. The lowest BCUT2D eigenvalue weighted by Gasteiger charge is -2.32. The Morgan fingerprint density at radius 1 is 0.356 bits per heavy atom. The van der Waals surface area contributed by atoms with Crippen LogP contribution in [0.1, 0.15) is 188 Å². The molecule has 0 atom stereocenters. The van der Waals surface area contributed by atoms with E-state index in [2.05, 4.69) is 169 Å². The molecule has 5 aliphatic rings. The summed E-state index contributed by atoms with van der Waals surface area (Å²) in [5.41, 5.74) is 20.9. The van der Waals surface area contributed by atoms with Crippen molar-refractivity contribution in [2.45, 2.75) is 109 Å². The highest BCUT2D eigenvalue weighted by atomic mass is 16.5. The van der Waals surface area contributed by atoms with Gasteiger partial charge in [0.15, 0.2) is 5.78 Å². The zero-order valence-corrected chi connectivity index (χ0v) is 76.5. The number of rotatable bonds is 27. The third kappa shape index (κ3) is 24.4. The lowest BCUT2D eigenvalue weighted by atomic mass is 9.76. The predicted octanol–water partition coefficient (Wildman–Crippen LogP) is 17.6. The molecule has 13 aromatic rings. The third-order valence-corrected chi connectivity index (χ3v) is 27.4. The van der Waals surface area contributed by atoms with Crippen molar-refractivity contribution in [1.29, 1.82) is 0 Å². The van der Waals surface area contributed by atoms with Gasteiger partial charge < -0.3 is 70.9 Å². The Bertz CT molecular complexity index is 5820. The number of carbonyl (C=O) groups is 8. The number of H-pyrrole nitrogens is 4. The van der Waals surface area contributed by atoms with E-state index in [0.717, 1.165) is 211 Å². The highest BCUT2D eigenvalue weighted by molar-refractivity contribution is 6.13. The smallest absolute Gasteiger partial charge is 0.255 e. The molecule has 686 valence electrons. The monoisotopic (exact) mass is 1770 g/mol. The van der Waals surface area contributed by atoms with E-state index in [9.17, 15) is 38.4 Å². The van der Waals surface area contributed by atoms with Crippen LogP contribution in [0.15, 0.2) is 249 Å². The lowest BCUT2D eigenvalue weighted by molar-refractivity contribution is 0.0683. The average molecular weight is 1780 g/mol. The van der Waals surface area contributed by atoms with Gasteiger partial charge in [-0.25, -0.2) is 0 Å². The fourth-order valence-electron chi connectivity index (χ4n) is 19.7. The highest BCUT2D eigenvalue weighted by Gasteiger charge is 2.33. The number of nitrogens with zero attached hydrogens (tertiary/aromatic N) is 5. The second-order valence-electron chi connectivity index (χ2n) is 36.4. The van der Waals surface area contributed by atoms with Crippen LogP contribution < -0.4 is 21.7 Å². The number of aromatic amines is 4. The number of nitrogens with two attached hydrogens (primary N) is 1. The first-order valence-electron chi connectivity index (χ1n) is 47.5. The molecule has 22 nitrogen and oxygen atoms in total. The van der Waals surface area contributed by atoms with Gasteiger partial charge in [-0.15, -0.1) is 0 Å². The van der Waals surface area contributed by atoms with Crippen molar-refractivity contribution in [3.05, 3.63) is 322 Å². The minimum Gasteiger partial charge on any atom is -0.383 e. The van der Waals surface area contributed by atoms with Crippen molar-refractivity contribution in [2.24, 2.45) is 41.2 Å². The van der Waals surface area contributed by atoms with Crippen molar-refractivity contribution in [3.8, 4) is 0 Å². The van der Waals surface area contributed by atoms with Crippen LogP contribution in [0, 0.1) is 35.5 Å². The van der Waals surface area contributed by atoms with E-state index in [4.69, 9.17) is 10.5 Å². The topological polar surface area (TPSA) is 287 Å². The number of likely N-dealkylation sites (tertiary alicyclic amines) is 4. The second kappa shape index (κ2) is 46.2. The first-order chi connectivity index (χ1) is 64.5. The summed E-state index contributed by atoms with van der Waals surface area (Å²) in [6, 6.07) is 75.5. The van der Waals surface area contributed by atoms with Gasteiger partial charge in [0, 0.05) is 201 Å². The number of ether oxygens (including phenoxy) is 1. The van der Waals surface area contributed by atoms with Gasteiger partial charge in [-0.3, -0.25) is 38.4 Å². The molecule has 0 bridgehead atoms. The minimum absolute atomic E-state index is 0.0343. The van der Waals surface area contributed by atoms with Gasteiger partial charge in [0.2, 0.25) is 0 Å². The number of Topliss-reactive ketones (excluding diaryl/α,β-unsaturated/α-hetero) is 1. The number of ketones is 1. The molecule has 1 aliphatic carbocycles. The maximum atomic E-state index is 13.5. The third-order valence-electron chi connectivity index (χ3n) is 27.4. The first kappa shape index (κ1) is 93.7. The summed E-state index contributed by atoms with van der Waals surface area (Å²) in [5.74, 6) is 3.28. The molecule has 4 aliphatic heterocycles. The summed E-state index contributed by atoms with van der Waals surface area (Å²) < 4.78 is 4.98. The van der Waals surface area contributed by atoms with Crippen LogP contribution in [0.5, 0.6) is 0 Å². The van der Waals surface area contributed by atoms with Gasteiger partial charge >= 0.3 is 0 Å². The Kier molecular flexibility index (Phi) is 32.8. The zero-order valence-electron chi connectivity index (χ0n) is 76.5. The van der Waals surface area contributed by atoms with E-state index in [1.165, 1.54) is 27.8 Å². The van der Waals surface area contributed by atoms with Crippen molar-refractivity contribution in [2.75, 3.05) is 113 Å². The zero-order chi connectivity index (χ0) is 91.7. The number of fused-ring (bicyclic) bond motifs is 4. The Labute approximate surface area is 774 Å². The molecule has 18 rings (SSSR count). The molecule has 8 heterocycles. The number of aromatic nitrogens is 4. The van der Waals surface area contributed by atoms with Gasteiger partial charge in [0.05, 0.1) is 23.3 Å². The number of likely N-dealkylation sites (N-methyl/N-ethyl adjacent to an activating group) is 2. The molecule has 7 amide bonds. The van der Waals surface area contributed by atoms with E-state index in [-0.39, 0.29) is 53.1 Å². The predicted molar refractivity (Wildman–Crippen MR) is 525 cm³/mol. The molecule has 5 fully saturated rings. The highest BCUT2D eigenvalue weighted by Crippen LogP contribution is 2.37. The molecule has 132 heavy (non-hydrogen) atoms. The number of nitrogens with one attached hydrogen (secondary N) is 7. The molecule has 0 spiro atoms. The quantitative estimate of drug-likeness (QED) is 0.0177. The molecule has 1 saturated carbocycles. The molecular formula is C110H127N13O9. The lowest BCUT2D eigenvalue weighted by Crippen LogP contribution is -2.38. The first-order valence-corrected chi connectivity index (χ1v) is 47.5. The number of piperidine rings is 4. The fourth-order valence-corrected chi connectivity index (χ4v) is 19.7. The summed E-state index contributed by atoms with van der Waals surface area (Å²) in [7, 11) is 5.18. The Balaban J connectivity index is 0.000000135. The summed E-state index contributed by atoms with van der Waals surface area (Å²) >= 11 is 0. The van der Waals surface area contributed by atoms with Crippen LogP contribution in [0.4, 0.5) is 0 Å². The number of hydrogen-bond acceptors (Lipinski definition) is 11. The number of hydrogen-bond donors (Lipinski definition) is 8. The molecule has 0 unspecified atom stereocenters. The molecule has 9 aromatic carbocycles. The maximum Gasteiger partial charge on any atom is 0.255 e. The Morgan fingerprint density at radius 3 is 1.02 bits per heavy atom. The number of methoxy groups -OCH3 is 1. The van der Waals surface area contributed by atoms with E-state index >= 15 is 0 Å². The van der Waals surface area contributed by atoms with Gasteiger partial charge in [-0.2, -0.15) is 0 Å². The van der Waals surface area contributed by atoms with Crippen molar-refractivity contribution in [3.63, 3.8) is 0 Å². The molecule has 0 radical (unpaired) electrons. The van der Waals surface area contributed by atoms with Crippen molar-refractivity contribution >= 4 is 90.7 Å². The Hall–Kier alpha value is -13.0. The van der Waals surface area contributed by atoms with E-state index in [1.54, 1.807) is 37.6 Å². The van der Waals surface area contributed by atoms with Crippen LogP contribution in [0.2, 0.25) is 0 Å². The summed E-state index contributed by atoms with van der Waals surface area (Å²) in [6.07, 6.45) is 24.7. The standard InChI is InChI=1S/C35H38N2O2.2C25H30N4O2.C25H29N3O3/c38-34(29-13-11-27(12-14-29)21-25-7-3-1-4-8-25)32-24-36-33-23-30(15-16-31(32)33)35(39)37-19-17-28(18-20-37)22-26-9-5-2-6-10-26;1-26-11-12-27-24(30)22-17-28-23-8-7-20(16-21(22)23)25(31)29-13-9-19(10-14-29)15-18-5-3-2-4-6-18;1-28(14-11-26)25(31)22-17-27-23-8-7-20(16-21(22)23)24(30)29-12-9-19(10-13-29)15-18-5-3-2-4-6-18;1-31-14-11-26-24(29)22-17-27-23-8-7-20(16-21(22)23)25(30)28-12-9-19(10-13-28)15-18-5-3-2-4-6-18/h1-10,15-16,23-24,27-29,36H,11-14,17-22H2;2-8,16-17,19,26,28H,9-15H2,1H3,(H,27,30);2-8,16-17,19,27H,9-15,26H2,1H3;2-8,16-17,19,27H,9-15H2,1H3,(H,26,29). The van der Waals surface area contributed by atoms with Crippen LogP contribution in [-0.4, -0.2) is 204 Å². The van der Waals surface area contributed by atoms with E-state index < -0.39 is 0 Å². The molecule has 22 heteroatoms. The van der Waals surface area contributed by atoms with Gasteiger partial charge in [0.25, 0.3) is 41.4 Å². The number of benzene rings is 9. The molecule has 4 aromatic heterocycles.